The highest BCUT2D eigenvalue weighted by molar-refractivity contribution is 5.92. The molecule has 0 atom stereocenters. The first-order chi connectivity index (χ1) is 21.2. The van der Waals surface area contributed by atoms with E-state index in [1.807, 2.05) is 50.8 Å². The fraction of sp³-hybridized carbons (Fsp3) is 0.559. The standard InChI is InChI=1S/C34H47N7O4/c1-23-18-24(8-9-28(23)44-25-10-12-40(13-11-25)30(42)20-33(2,3)4)38-31-26-19-29(35-21-27(26)36-22-37-31)39-14-16-41(17-15-39)32(43)45-34(5,6)7/h8-9,18-19,21-22,25H,10-17,20H2,1-7H3,(H,36,37,38). The highest BCUT2D eigenvalue weighted by Gasteiger charge is 2.28. The number of piperidine rings is 1. The molecule has 2 amide bonds. The number of piperazine rings is 1. The zero-order valence-corrected chi connectivity index (χ0v) is 27.7. The Balaban J connectivity index is 1.21. The third-order valence-electron chi connectivity index (χ3n) is 7.97. The van der Waals surface area contributed by atoms with Gasteiger partial charge in [-0.1, -0.05) is 20.8 Å². The Bertz CT molecular complexity index is 1520. The molecule has 0 bridgehead atoms. The lowest BCUT2D eigenvalue weighted by Gasteiger charge is -2.36. The summed E-state index contributed by atoms with van der Waals surface area (Å²) >= 11 is 0. The van der Waals surface area contributed by atoms with Gasteiger partial charge in [0, 0.05) is 69.6 Å². The van der Waals surface area contributed by atoms with E-state index in [-0.39, 0.29) is 23.5 Å². The summed E-state index contributed by atoms with van der Waals surface area (Å²) in [6.45, 7) is 17.9. The van der Waals surface area contributed by atoms with Crippen molar-refractivity contribution in [3.05, 3.63) is 42.4 Å². The van der Waals surface area contributed by atoms with Crippen molar-refractivity contribution in [3.8, 4) is 5.75 Å². The lowest BCUT2D eigenvalue weighted by molar-refractivity contribution is -0.134. The molecule has 242 valence electrons. The zero-order valence-electron chi connectivity index (χ0n) is 27.7. The number of carbonyl (C=O) groups is 2. The average molecular weight is 618 g/mol. The van der Waals surface area contributed by atoms with Crippen molar-refractivity contribution in [1.29, 1.82) is 0 Å². The molecule has 0 aliphatic carbocycles. The molecule has 0 saturated carbocycles. The molecular formula is C34H47N7O4. The average Bonchev–Trinajstić information content (AvgIpc) is 2.97. The van der Waals surface area contributed by atoms with Crippen LogP contribution in [0.5, 0.6) is 5.75 Å². The Morgan fingerprint density at radius 2 is 1.62 bits per heavy atom. The van der Waals surface area contributed by atoms with Gasteiger partial charge < -0.3 is 29.5 Å². The number of nitrogens with one attached hydrogen (secondary N) is 1. The van der Waals surface area contributed by atoms with Gasteiger partial charge in [0.2, 0.25) is 5.91 Å². The molecular weight excluding hydrogens is 570 g/mol. The lowest BCUT2D eigenvalue weighted by Crippen LogP contribution is -2.50. The molecule has 3 aromatic rings. The number of nitrogens with zero attached hydrogens (tertiary/aromatic N) is 6. The summed E-state index contributed by atoms with van der Waals surface area (Å²) in [4.78, 5) is 44.6. The van der Waals surface area contributed by atoms with Gasteiger partial charge in [-0.3, -0.25) is 4.79 Å². The molecule has 1 N–H and O–H groups in total. The molecule has 2 aliphatic heterocycles. The summed E-state index contributed by atoms with van der Waals surface area (Å²) in [5.74, 6) is 2.59. The molecule has 2 fully saturated rings. The highest BCUT2D eigenvalue weighted by Crippen LogP contribution is 2.30. The van der Waals surface area contributed by atoms with E-state index in [0.29, 0.717) is 38.4 Å². The quantitative estimate of drug-likeness (QED) is 0.359. The minimum absolute atomic E-state index is 0.00496. The molecule has 11 nitrogen and oxygen atoms in total. The predicted octanol–water partition coefficient (Wildman–Crippen LogP) is 5.94. The number of likely N-dealkylation sites (tertiary alicyclic amines) is 1. The van der Waals surface area contributed by atoms with E-state index >= 15 is 0 Å². The Hall–Kier alpha value is -4.15. The molecule has 2 saturated heterocycles. The number of hydrogen-bond donors (Lipinski definition) is 1. The van der Waals surface area contributed by atoms with E-state index in [2.05, 4.69) is 52.0 Å². The van der Waals surface area contributed by atoms with Crippen LogP contribution in [0.1, 0.15) is 66.4 Å². The number of fused-ring (bicyclic) bond motifs is 1. The first-order valence-corrected chi connectivity index (χ1v) is 15.9. The summed E-state index contributed by atoms with van der Waals surface area (Å²) < 4.78 is 11.9. The number of benzene rings is 1. The van der Waals surface area contributed by atoms with Gasteiger partial charge in [0.05, 0.1) is 11.7 Å². The second-order valence-electron chi connectivity index (χ2n) is 14.3. The van der Waals surface area contributed by atoms with Crippen molar-refractivity contribution in [2.24, 2.45) is 5.41 Å². The maximum Gasteiger partial charge on any atom is 0.410 e. The van der Waals surface area contributed by atoms with E-state index in [4.69, 9.17) is 9.47 Å². The number of carbonyl (C=O) groups excluding carboxylic acids is 2. The zero-order chi connectivity index (χ0) is 32.4. The number of pyridine rings is 1. The van der Waals surface area contributed by atoms with Crippen LogP contribution < -0.4 is 15.0 Å². The number of aromatic nitrogens is 3. The van der Waals surface area contributed by atoms with Crippen molar-refractivity contribution in [2.45, 2.75) is 79.4 Å². The Morgan fingerprint density at radius 1 is 0.911 bits per heavy atom. The highest BCUT2D eigenvalue weighted by atomic mass is 16.6. The van der Waals surface area contributed by atoms with Crippen LogP contribution in [0.4, 0.5) is 22.1 Å². The minimum Gasteiger partial charge on any atom is -0.490 e. The second-order valence-corrected chi connectivity index (χ2v) is 14.3. The smallest absolute Gasteiger partial charge is 0.410 e. The van der Waals surface area contributed by atoms with Crippen molar-refractivity contribution in [2.75, 3.05) is 49.5 Å². The van der Waals surface area contributed by atoms with Crippen LogP contribution in [0.2, 0.25) is 0 Å². The largest absolute Gasteiger partial charge is 0.490 e. The van der Waals surface area contributed by atoms with Gasteiger partial charge in [0.15, 0.2) is 0 Å². The number of anilines is 3. The summed E-state index contributed by atoms with van der Waals surface area (Å²) in [6, 6.07) is 8.05. The van der Waals surface area contributed by atoms with Gasteiger partial charge in [-0.2, -0.15) is 0 Å². The minimum atomic E-state index is -0.518. The summed E-state index contributed by atoms with van der Waals surface area (Å²) in [5.41, 5.74) is 2.14. The summed E-state index contributed by atoms with van der Waals surface area (Å²) in [6.07, 6.45) is 5.33. The molecule has 11 heteroatoms. The Kier molecular flexibility index (Phi) is 9.36. The van der Waals surface area contributed by atoms with E-state index < -0.39 is 5.60 Å². The maximum absolute atomic E-state index is 12.6. The first-order valence-electron chi connectivity index (χ1n) is 15.9. The molecule has 2 aliphatic rings. The topological polar surface area (TPSA) is 113 Å². The van der Waals surface area contributed by atoms with Crippen molar-refractivity contribution < 1.29 is 19.1 Å². The van der Waals surface area contributed by atoms with Crippen LogP contribution in [-0.4, -0.2) is 87.7 Å². The molecule has 5 rings (SSSR count). The van der Waals surface area contributed by atoms with Crippen LogP contribution in [0.15, 0.2) is 36.8 Å². The third kappa shape index (κ3) is 8.52. The fourth-order valence-corrected chi connectivity index (χ4v) is 5.63. The molecule has 2 aromatic heterocycles. The van der Waals surface area contributed by atoms with Crippen LogP contribution in [-0.2, 0) is 9.53 Å². The van der Waals surface area contributed by atoms with Crippen LogP contribution >= 0.6 is 0 Å². The SMILES string of the molecule is Cc1cc(Nc2ncnc3cnc(N4CCN(C(=O)OC(C)(C)C)CC4)cc23)ccc1OC1CCN(C(=O)CC(C)(C)C)CC1. The monoisotopic (exact) mass is 617 g/mol. The van der Waals surface area contributed by atoms with Gasteiger partial charge >= 0.3 is 6.09 Å². The number of ether oxygens (including phenoxy) is 2. The molecule has 0 radical (unpaired) electrons. The van der Waals surface area contributed by atoms with Gasteiger partial charge in [-0.15, -0.1) is 0 Å². The van der Waals surface area contributed by atoms with Crippen LogP contribution in [0.25, 0.3) is 10.9 Å². The van der Waals surface area contributed by atoms with E-state index in [1.165, 1.54) is 6.33 Å². The Labute approximate surface area is 266 Å². The predicted molar refractivity (Wildman–Crippen MR) is 176 cm³/mol. The normalized spacial score (nSPS) is 16.6. The van der Waals surface area contributed by atoms with E-state index in [9.17, 15) is 9.59 Å². The van der Waals surface area contributed by atoms with E-state index in [1.54, 1.807) is 11.1 Å². The Morgan fingerprint density at radius 3 is 2.27 bits per heavy atom. The summed E-state index contributed by atoms with van der Waals surface area (Å²) in [5, 5.41) is 4.33. The van der Waals surface area contributed by atoms with Gasteiger partial charge in [-0.05, 0) is 62.9 Å². The molecule has 0 spiro atoms. The fourth-order valence-electron chi connectivity index (χ4n) is 5.63. The lowest BCUT2D eigenvalue weighted by atomic mass is 9.91. The van der Waals surface area contributed by atoms with Gasteiger partial charge in [0.1, 0.15) is 35.4 Å². The van der Waals surface area contributed by atoms with E-state index in [0.717, 1.165) is 59.7 Å². The number of aryl methyl sites for hydroxylation is 1. The van der Waals surface area contributed by atoms with Crippen LogP contribution in [0, 0.1) is 12.3 Å². The maximum atomic E-state index is 12.6. The first kappa shape index (κ1) is 32.2. The number of hydrogen-bond acceptors (Lipinski definition) is 9. The number of rotatable bonds is 6. The molecule has 4 heterocycles. The van der Waals surface area contributed by atoms with Gasteiger partial charge in [0.25, 0.3) is 0 Å². The van der Waals surface area contributed by atoms with Crippen molar-refractivity contribution >= 4 is 40.2 Å². The summed E-state index contributed by atoms with van der Waals surface area (Å²) in [7, 11) is 0. The molecule has 1 aromatic carbocycles. The molecule has 0 unspecified atom stereocenters. The van der Waals surface area contributed by atoms with Crippen molar-refractivity contribution in [3.63, 3.8) is 0 Å². The van der Waals surface area contributed by atoms with Gasteiger partial charge in [-0.25, -0.2) is 19.7 Å². The van der Waals surface area contributed by atoms with Crippen molar-refractivity contribution in [1.82, 2.24) is 24.8 Å². The van der Waals surface area contributed by atoms with Crippen LogP contribution in [0.3, 0.4) is 0 Å². The second kappa shape index (κ2) is 13.1. The third-order valence-corrected chi connectivity index (χ3v) is 7.97. The number of amides is 2. The molecule has 45 heavy (non-hydrogen) atoms.